The number of terminal acetylenes is 1. The molecule has 0 spiro atoms. The fraction of sp³-hybridized carbons (Fsp3) is 0.500. The molecule has 0 aliphatic heterocycles. The molecular formula is C12H15N3O. The van der Waals surface area contributed by atoms with E-state index in [0.717, 1.165) is 24.5 Å². The summed E-state index contributed by atoms with van der Waals surface area (Å²) in [5.74, 6) is 5.18. The Balaban J connectivity index is 2.23. The van der Waals surface area contributed by atoms with E-state index in [0.29, 0.717) is 11.8 Å². The van der Waals surface area contributed by atoms with Crippen LogP contribution in [0.1, 0.15) is 31.5 Å². The molecule has 4 heteroatoms. The van der Waals surface area contributed by atoms with Gasteiger partial charge in [-0.25, -0.2) is 4.98 Å². The third kappa shape index (κ3) is 2.43. The van der Waals surface area contributed by atoms with Gasteiger partial charge in [-0.3, -0.25) is 0 Å². The lowest BCUT2D eigenvalue weighted by atomic mass is 10.4. The van der Waals surface area contributed by atoms with Crippen LogP contribution in [-0.2, 0) is 0 Å². The number of anilines is 1. The zero-order chi connectivity index (χ0) is 11.5. The molecule has 1 heterocycles. The summed E-state index contributed by atoms with van der Waals surface area (Å²) in [5.41, 5.74) is 0. The van der Waals surface area contributed by atoms with E-state index in [1.165, 1.54) is 0 Å². The summed E-state index contributed by atoms with van der Waals surface area (Å²) < 4.78 is 5.50. The summed E-state index contributed by atoms with van der Waals surface area (Å²) in [6, 6.07) is 1.76. The highest BCUT2D eigenvalue weighted by Gasteiger charge is 2.27. The smallest absolute Gasteiger partial charge is 0.219 e. The van der Waals surface area contributed by atoms with Crippen LogP contribution in [0.25, 0.3) is 0 Å². The molecule has 1 fully saturated rings. The summed E-state index contributed by atoms with van der Waals surface area (Å²) in [5, 5.41) is 3.00. The van der Waals surface area contributed by atoms with Crippen molar-refractivity contribution in [3.63, 3.8) is 0 Å². The first kappa shape index (κ1) is 10.7. The summed E-state index contributed by atoms with van der Waals surface area (Å²) in [6.45, 7) is 1.82. The van der Waals surface area contributed by atoms with Crippen LogP contribution in [0.15, 0.2) is 6.07 Å². The van der Waals surface area contributed by atoms with Gasteiger partial charge in [-0.15, -0.1) is 6.42 Å². The first-order chi connectivity index (χ1) is 7.72. The standard InChI is InChI=1S/C12H15N3O/c1-4-8(2)16-11-7-10(13-3)14-12(15-11)9-5-6-9/h1,7-9H,5-6H2,2-3H3,(H,13,14,15). The zero-order valence-electron chi connectivity index (χ0n) is 9.53. The second kappa shape index (κ2) is 4.40. The highest BCUT2D eigenvalue weighted by atomic mass is 16.5. The molecule has 16 heavy (non-hydrogen) atoms. The lowest BCUT2D eigenvalue weighted by molar-refractivity contribution is 0.266. The van der Waals surface area contributed by atoms with Gasteiger partial charge in [0.25, 0.3) is 0 Å². The van der Waals surface area contributed by atoms with Crippen LogP contribution in [-0.4, -0.2) is 23.1 Å². The molecule has 0 radical (unpaired) electrons. The van der Waals surface area contributed by atoms with Crippen molar-refractivity contribution in [1.29, 1.82) is 0 Å². The lowest BCUT2D eigenvalue weighted by Crippen LogP contribution is -2.11. The maximum absolute atomic E-state index is 5.50. The number of aromatic nitrogens is 2. The summed E-state index contributed by atoms with van der Waals surface area (Å²) in [4.78, 5) is 8.76. The molecule has 0 saturated heterocycles. The normalized spacial score (nSPS) is 16.3. The van der Waals surface area contributed by atoms with Crippen molar-refractivity contribution >= 4 is 5.82 Å². The third-order valence-corrected chi connectivity index (χ3v) is 2.45. The molecule has 1 aromatic rings. The molecule has 1 N–H and O–H groups in total. The van der Waals surface area contributed by atoms with Gasteiger partial charge in [-0.1, -0.05) is 5.92 Å². The fourth-order valence-electron chi connectivity index (χ4n) is 1.37. The quantitative estimate of drug-likeness (QED) is 0.781. The summed E-state index contributed by atoms with van der Waals surface area (Å²) in [7, 11) is 1.83. The molecule has 0 aromatic carbocycles. The molecule has 1 saturated carbocycles. The van der Waals surface area contributed by atoms with Gasteiger partial charge < -0.3 is 10.1 Å². The second-order valence-corrected chi connectivity index (χ2v) is 3.90. The number of ether oxygens (including phenoxy) is 1. The van der Waals surface area contributed by atoms with Crippen LogP contribution in [0.2, 0.25) is 0 Å². The summed E-state index contributed by atoms with van der Waals surface area (Å²) in [6.07, 6.45) is 7.32. The van der Waals surface area contributed by atoms with Gasteiger partial charge >= 0.3 is 0 Å². The average Bonchev–Trinajstić information content (AvgIpc) is 3.12. The molecule has 84 valence electrons. The van der Waals surface area contributed by atoms with Crippen molar-refractivity contribution < 1.29 is 4.74 Å². The van der Waals surface area contributed by atoms with Crippen molar-refractivity contribution in [2.45, 2.75) is 31.8 Å². The molecule has 1 aliphatic carbocycles. The largest absolute Gasteiger partial charge is 0.461 e. The SMILES string of the molecule is C#CC(C)Oc1cc(NC)nc(C2CC2)n1. The second-order valence-electron chi connectivity index (χ2n) is 3.90. The van der Waals surface area contributed by atoms with Crippen LogP contribution in [0, 0.1) is 12.3 Å². The monoisotopic (exact) mass is 217 g/mol. The number of nitrogens with one attached hydrogen (secondary N) is 1. The van der Waals surface area contributed by atoms with Gasteiger partial charge in [-0.2, -0.15) is 4.98 Å². The van der Waals surface area contributed by atoms with E-state index in [9.17, 15) is 0 Å². The Kier molecular flexibility index (Phi) is 2.95. The molecule has 1 aromatic heterocycles. The molecule has 1 unspecified atom stereocenters. The van der Waals surface area contributed by atoms with E-state index < -0.39 is 0 Å². The molecule has 0 bridgehead atoms. The van der Waals surface area contributed by atoms with Gasteiger partial charge in [0.05, 0.1) is 0 Å². The molecule has 4 nitrogen and oxygen atoms in total. The minimum absolute atomic E-state index is 0.272. The molecular weight excluding hydrogens is 202 g/mol. The highest BCUT2D eigenvalue weighted by Crippen LogP contribution is 2.39. The minimum Gasteiger partial charge on any atom is -0.461 e. The maximum atomic E-state index is 5.50. The van der Waals surface area contributed by atoms with Crippen LogP contribution >= 0.6 is 0 Å². The van der Waals surface area contributed by atoms with Crippen molar-refractivity contribution in [3.05, 3.63) is 11.9 Å². The van der Waals surface area contributed by atoms with Gasteiger partial charge in [0.2, 0.25) is 5.88 Å². The van der Waals surface area contributed by atoms with Crippen LogP contribution < -0.4 is 10.1 Å². The maximum Gasteiger partial charge on any atom is 0.219 e. The van der Waals surface area contributed by atoms with Gasteiger partial charge in [0.1, 0.15) is 11.6 Å². The Morgan fingerprint density at radius 1 is 1.56 bits per heavy atom. The minimum atomic E-state index is -0.272. The molecule has 1 atom stereocenters. The predicted octanol–water partition coefficient (Wildman–Crippen LogP) is 1.80. The molecule has 2 rings (SSSR count). The predicted molar refractivity (Wildman–Crippen MR) is 62.5 cm³/mol. The van der Waals surface area contributed by atoms with Crippen LogP contribution in [0.4, 0.5) is 5.82 Å². The Bertz CT molecular complexity index is 421. The lowest BCUT2D eigenvalue weighted by Gasteiger charge is -2.10. The Hall–Kier alpha value is -1.76. The Labute approximate surface area is 95.4 Å². The third-order valence-electron chi connectivity index (χ3n) is 2.45. The van der Waals surface area contributed by atoms with E-state index in [1.54, 1.807) is 6.07 Å². The first-order valence-electron chi connectivity index (χ1n) is 5.42. The number of rotatable bonds is 4. The first-order valence-corrected chi connectivity index (χ1v) is 5.42. The van der Waals surface area contributed by atoms with Crippen molar-refractivity contribution in [3.8, 4) is 18.2 Å². The van der Waals surface area contributed by atoms with Crippen molar-refractivity contribution in [2.75, 3.05) is 12.4 Å². The zero-order valence-corrected chi connectivity index (χ0v) is 9.53. The number of hydrogen-bond donors (Lipinski definition) is 1. The van der Waals surface area contributed by atoms with Crippen LogP contribution in [0.5, 0.6) is 5.88 Å². The fourth-order valence-corrected chi connectivity index (χ4v) is 1.37. The van der Waals surface area contributed by atoms with Crippen LogP contribution in [0.3, 0.4) is 0 Å². The summed E-state index contributed by atoms with van der Waals surface area (Å²) >= 11 is 0. The molecule has 0 amide bonds. The topological polar surface area (TPSA) is 47.0 Å². The van der Waals surface area contributed by atoms with E-state index in [2.05, 4.69) is 21.2 Å². The molecule has 1 aliphatic rings. The van der Waals surface area contributed by atoms with Crippen molar-refractivity contribution in [1.82, 2.24) is 9.97 Å². The highest BCUT2D eigenvalue weighted by molar-refractivity contribution is 5.38. The van der Waals surface area contributed by atoms with E-state index >= 15 is 0 Å². The average molecular weight is 217 g/mol. The van der Waals surface area contributed by atoms with Gasteiger partial charge in [0, 0.05) is 19.0 Å². The van der Waals surface area contributed by atoms with Crippen molar-refractivity contribution in [2.24, 2.45) is 0 Å². The van der Waals surface area contributed by atoms with E-state index in [4.69, 9.17) is 11.2 Å². The van der Waals surface area contributed by atoms with Gasteiger partial charge in [0.15, 0.2) is 6.10 Å². The Morgan fingerprint density at radius 2 is 2.31 bits per heavy atom. The van der Waals surface area contributed by atoms with Gasteiger partial charge in [-0.05, 0) is 19.8 Å². The van der Waals surface area contributed by atoms with E-state index in [1.807, 2.05) is 14.0 Å². The number of hydrogen-bond acceptors (Lipinski definition) is 4. The number of nitrogens with zero attached hydrogens (tertiary/aromatic N) is 2. The Morgan fingerprint density at radius 3 is 2.88 bits per heavy atom. The van der Waals surface area contributed by atoms with E-state index in [-0.39, 0.29) is 6.10 Å².